The van der Waals surface area contributed by atoms with Crippen molar-refractivity contribution in [2.75, 3.05) is 36.0 Å². The number of carbonyl (C=O) groups excluding carboxylic acids is 1. The topological polar surface area (TPSA) is 39.7 Å². The number of hydrogen-bond donors (Lipinski definition) is 0. The molecule has 2 aromatic carbocycles. The lowest BCUT2D eigenvalue weighted by atomic mass is 10.0. The molecule has 1 unspecified atom stereocenters. The Labute approximate surface area is 177 Å². The van der Waals surface area contributed by atoms with Crippen molar-refractivity contribution in [1.82, 2.24) is 9.88 Å². The first-order valence-electron chi connectivity index (χ1n) is 10.6. The van der Waals surface area contributed by atoms with Crippen LogP contribution >= 0.6 is 0 Å². The molecule has 3 aromatic rings. The maximum Gasteiger partial charge on any atom is 0.324 e. The number of hydrogen-bond acceptors (Lipinski definition) is 3. The summed E-state index contributed by atoms with van der Waals surface area (Å²) in [7, 11) is 0. The summed E-state index contributed by atoms with van der Waals surface area (Å²) in [5, 5.41) is 0. The average molecular weight is 399 g/mol. The molecule has 2 amide bonds. The largest absolute Gasteiger partial charge is 0.364 e. The summed E-state index contributed by atoms with van der Waals surface area (Å²) >= 11 is 0. The number of fused-ring (bicyclic) bond motifs is 1. The molecular weight excluding hydrogens is 372 g/mol. The van der Waals surface area contributed by atoms with Crippen molar-refractivity contribution in [2.24, 2.45) is 0 Å². The van der Waals surface area contributed by atoms with Gasteiger partial charge in [0.05, 0.1) is 11.4 Å². The zero-order chi connectivity index (χ0) is 20.3. The standard InChI is InChI=1S/C25H26N4O/c30-25(28-14-12-22(19-28)21-9-6-13-26-17-21)29-16-15-27(18-20-7-2-1-3-8-20)23-10-4-5-11-24(23)29/h1-11,13,17,22H,12,14-16,18-19H2. The van der Waals surface area contributed by atoms with Crippen molar-refractivity contribution >= 4 is 17.4 Å². The highest BCUT2D eigenvalue weighted by molar-refractivity contribution is 5.97. The number of urea groups is 1. The molecule has 1 atom stereocenters. The Bertz CT molecular complexity index is 1010. The zero-order valence-electron chi connectivity index (χ0n) is 17.0. The van der Waals surface area contributed by atoms with Crippen LogP contribution in [0.4, 0.5) is 16.2 Å². The van der Waals surface area contributed by atoms with Gasteiger partial charge in [-0.25, -0.2) is 4.79 Å². The molecule has 2 aliphatic heterocycles. The van der Waals surface area contributed by atoms with Gasteiger partial charge in [0.1, 0.15) is 0 Å². The van der Waals surface area contributed by atoms with Crippen LogP contribution in [0.3, 0.4) is 0 Å². The van der Waals surface area contributed by atoms with Gasteiger partial charge in [0.25, 0.3) is 0 Å². The first kappa shape index (κ1) is 18.7. The quantitative estimate of drug-likeness (QED) is 0.651. The van der Waals surface area contributed by atoms with Crippen LogP contribution in [-0.2, 0) is 6.54 Å². The van der Waals surface area contributed by atoms with Gasteiger partial charge < -0.3 is 9.80 Å². The van der Waals surface area contributed by atoms with Crippen molar-refractivity contribution in [1.29, 1.82) is 0 Å². The van der Waals surface area contributed by atoms with Crippen molar-refractivity contribution in [3.8, 4) is 0 Å². The predicted molar refractivity (Wildman–Crippen MR) is 120 cm³/mol. The fraction of sp³-hybridized carbons (Fsp3) is 0.280. The Balaban J connectivity index is 1.33. The van der Waals surface area contributed by atoms with E-state index in [1.807, 2.05) is 34.2 Å². The highest BCUT2D eigenvalue weighted by atomic mass is 16.2. The lowest BCUT2D eigenvalue weighted by Crippen LogP contribution is -2.49. The summed E-state index contributed by atoms with van der Waals surface area (Å²) in [4.78, 5) is 24.0. The number of rotatable bonds is 3. The first-order chi connectivity index (χ1) is 14.8. The number of amides is 2. The van der Waals surface area contributed by atoms with E-state index in [0.29, 0.717) is 12.5 Å². The van der Waals surface area contributed by atoms with E-state index < -0.39 is 0 Å². The summed E-state index contributed by atoms with van der Waals surface area (Å²) in [5.41, 5.74) is 4.64. The molecule has 0 saturated carbocycles. The molecule has 5 rings (SSSR count). The second-order valence-electron chi connectivity index (χ2n) is 8.05. The summed E-state index contributed by atoms with van der Waals surface area (Å²) in [6.45, 7) is 3.95. The molecule has 0 aliphatic carbocycles. The maximum absolute atomic E-state index is 13.4. The molecule has 30 heavy (non-hydrogen) atoms. The van der Waals surface area contributed by atoms with Gasteiger partial charge in [-0.15, -0.1) is 0 Å². The Kier molecular flexibility index (Phi) is 5.10. The summed E-state index contributed by atoms with van der Waals surface area (Å²) in [6.07, 6.45) is 4.72. The summed E-state index contributed by atoms with van der Waals surface area (Å²) in [5.74, 6) is 0.372. The Morgan fingerprint density at radius 3 is 2.50 bits per heavy atom. The molecule has 5 heteroatoms. The number of carbonyl (C=O) groups is 1. The molecular formula is C25H26N4O. The van der Waals surface area contributed by atoms with Gasteiger partial charge >= 0.3 is 6.03 Å². The molecule has 0 spiro atoms. The average Bonchev–Trinajstić information content (AvgIpc) is 3.31. The second-order valence-corrected chi connectivity index (χ2v) is 8.05. The third kappa shape index (κ3) is 3.63. The van der Waals surface area contributed by atoms with Gasteiger partial charge in [0.15, 0.2) is 0 Å². The van der Waals surface area contributed by atoms with Gasteiger partial charge in [-0.05, 0) is 35.7 Å². The number of aromatic nitrogens is 1. The van der Waals surface area contributed by atoms with E-state index in [1.54, 1.807) is 6.20 Å². The van der Waals surface area contributed by atoms with Crippen molar-refractivity contribution < 1.29 is 4.79 Å². The minimum Gasteiger partial charge on any atom is -0.364 e. The number of likely N-dealkylation sites (tertiary alicyclic amines) is 1. The monoisotopic (exact) mass is 398 g/mol. The van der Waals surface area contributed by atoms with Crippen LogP contribution in [0.5, 0.6) is 0 Å². The molecule has 3 heterocycles. The Hall–Kier alpha value is -3.34. The Morgan fingerprint density at radius 2 is 1.70 bits per heavy atom. The third-order valence-corrected chi connectivity index (χ3v) is 6.17. The zero-order valence-corrected chi connectivity index (χ0v) is 17.0. The van der Waals surface area contributed by atoms with Gasteiger partial charge in [-0.3, -0.25) is 9.88 Å². The van der Waals surface area contributed by atoms with E-state index >= 15 is 0 Å². The SMILES string of the molecule is O=C(N1CCC(c2cccnc2)C1)N1CCN(Cc2ccccc2)c2ccccc21. The van der Waals surface area contributed by atoms with Gasteiger partial charge in [0, 0.05) is 51.0 Å². The van der Waals surface area contributed by atoms with Gasteiger partial charge in [-0.2, -0.15) is 0 Å². The first-order valence-corrected chi connectivity index (χ1v) is 10.6. The summed E-state index contributed by atoms with van der Waals surface area (Å²) < 4.78 is 0. The molecule has 0 radical (unpaired) electrons. The molecule has 1 saturated heterocycles. The van der Waals surface area contributed by atoms with Crippen molar-refractivity contribution in [3.05, 3.63) is 90.3 Å². The lowest BCUT2D eigenvalue weighted by molar-refractivity contribution is 0.214. The van der Waals surface area contributed by atoms with Crippen LogP contribution in [-0.4, -0.2) is 42.1 Å². The number of benzene rings is 2. The van der Waals surface area contributed by atoms with E-state index in [1.165, 1.54) is 11.1 Å². The Morgan fingerprint density at radius 1 is 0.900 bits per heavy atom. The molecule has 152 valence electrons. The number of pyridine rings is 1. The number of anilines is 2. The van der Waals surface area contributed by atoms with E-state index in [-0.39, 0.29) is 6.03 Å². The molecule has 0 N–H and O–H groups in total. The third-order valence-electron chi connectivity index (χ3n) is 6.17. The van der Waals surface area contributed by atoms with Crippen molar-refractivity contribution in [3.63, 3.8) is 0 Å². The van der Waals surface area contributed by atoms with Crippen molar-refractivity contribution in [2.45, 2.75) is 18.9 Å². The van der Waals surface area contributed by atoms with Gasteiger partial charge in [0.2, 0.25) is 0 Å². The number of nitrogens with zero attached hydrogens (tertiary/aromatic N) is 4. The van der Waals surface area contributed by atoms with Crippen LogP contribution in [0.15, 0.2) is 79.1 Å². The van der Waals surface area contributed by atoms with E-state index in [4.69, 9.17) is 0 Å². The minimum atomic E-state index is 0.119. The van der Waals surface area contributed by atoms with Crippen LogP contribution in [0.1, 0.15) is 23.5 Å². The van der Waals surface area contributed by atoms with Crippen LogP contribution in [0.2, 0.25) is 0 Å². The van der Waals surface area contributed by atoms with E-state index in [2.05, 4.69) is 58.4 Å². The second kappa shape index (κ2) is 8.19. The van der Waals surface area contributed by atoms with Crippen LogP contribution in [0.25, 0.3) is 0 Å². The molecule has 0 bridgehead atoms. The minimum absolute atomic E-state index is 0.119. The van der Waals surface area contributed by atoms with Crippen LogP contribution < -0.4 is 9.80 Å². The molecule has 5 nitrogen and oxygen atoms in total. The smallest absolute Gasteiger partial charge is 0.324 e. The van der Waals surface area contributed by atoms with Crippen LogP contribution in [0, 0.1) is 0 Å². The lowest BCUT2D eigenvalue weighted by Gasteiger charge is -2.39. The fourth-order valence-electron chi connectivity index (χ4n) is 4.58. The predicted octanol–water partition coefficient (Wildman–Crippen LogP) is 4.52. The van der Waals surface area contributed by atoms with Gasteiger partial charge in [-0.1, -0.05) is 48.5 Å². The highest BCUT2D eigenvalue weighted by Gasteiger charge is 2.33. The summed E-state index contributed by atoms with van der Waals surface area (Å²) in [6, 6.07) is 23.0. The van der Waals surface area contributed by atoms with E-state index in [9.17, 15) is 4.79 Å². The maximum atomic E-state index is 13.4. The normalized spacial score (nSPS) is 18.4. The molecule has 1 fully saturated rings. The molecule has 2 aliphatic rings. The fourth-order valence-corrected chi connectivity index (χ4v) is 4.58. The van der Waals surface area contributed by atoms with E-state index in [0.717, 1.165) is 44.0 Å². The highest BCUT2D eigenvalue weighted by Crippen LogP contribution is 2.35. The molecule has 1 aromatic heterocycles. The number of para-hydroxylation sites is 2.